The predicted molar refractivity (Wildman–Crippen MR) is 214 cm³/mol. The largest absolute Gasteiger partial charge is 0.493 e. The number of carboxylic acids is 1. The van der Waals surface area contributed by atoms with E-state index in [1.54, 1.807) is 65.6 Å². The van der Waals surface area contributed by atoms with Gasteiger partial charge in [-0.3, -0.25) is 4.90 Å². The Balaban J connectivity index is 0.921. The first-order chi connectivity index (χ1) is 29.7. The number of fused-ring (bicyclic) bond motifs is 10. The van der Waals surface area contributed by atoms with Gasteiger partial charge in [-0.15, -0.1) is 0 Å². The molecule has 3 unspecified atom stereocenters. The second-order valence-corrected chi connectivity index (χ2v) is 14.6. The molecule has 306 valence electrons. The summed E-state index contributed by atoms with van der Waals surface area (Å²) in [5, 5.41) is 10.2. The van der Waals surface area contributed by atoms with Crippen molar-refractivity contribution in [2.24, 2.45) is 0 Å². The summed E-state index contributed by atoms with van der Waals surface area (Å²) < 4.78 is 46.5. The Morgan fingerprint density at radius 3 is 2.34 bits per heavy atom. The lowest BCUT2D eigenvalue weighted by Gasteiger charge is -2.36. The summed E-state index contributed by atoms with van der Waals surface area (Å²) >= 11 is 0. The van der Waals surface area contributed by atoms with Gasteiger partial charge in [0.25, 0.3) is 0 Å². The van der Waals surface area contributed by atoms with E-state index >= 15 is 0 Å². The molecule has 6 aromatic rings. The molecule has 4 aliphatic heterocycles. The lowest BCUT2D eigenvalue weighted by Crippen LogP contribution is -2.42. The Morgan fingerprint density at radius 1 is 0.885 bits per heavy atom. The molecule has 1 spiro atoms. The molecular formula is C46H34N2O13. The number of ether oxygens (including phenoxy) is 8. The number of nitrogens with one attached hydrogen (secondary N) is 1. The number of esters is 2. The van der Waals surface area contributed by atoms with Gasteiger partial charge in [-0.25, -0.2) is 19.2 Å². The van der Waals surface area contributed by atoms with Crippen molar-refractivity contribution in [2.45, 2.75) is 24.1 Å². The van der Waals surface area contributed by atoms with Crippen LogP contribution >= 0.6 is 0 Å². The van der Waals surface area contributed by atoms with Crippen LogP contribution in [-0.2, 0) is 31.1 Å². The number of H-pyrrole nitrogens is 1. The third kappa shape index (κ3) is 6.03. The number of aromatic amines is 1. The van der Waals surface area contributed by atoms with Crippen LogP contribution in [0.3, 0.4) is 0 Å². The first-order valence-electron chi connectivity index (χ1n) is 19.2. The number of para-hydroxylation sites is 1. The number of aliphatic carboxylic acids is 1. The minimum Gasteiger partial charge on any atom is -0.493 e. The molecule has 15 nitrogen and oxygen atoms in total. The van der Waals surface area contributed by atoms with Gasteiger partial charge in [-0.1, -0.05) is 36.4 Å². The fourth-order valence-electron chi connectivity index (χ4n) is 8.74. The highest BCUT2D eigenvalue weighted by Crippen LogP contribution is 2.57. The van der Waals surface area contributed by atoms with E-state index in [2.05, 4.69) is 11.1 Å². The monoisotopic (exact) mass is 822 g/mol. The second kappa shape index (κ2) is 14.4. The first-order valence-corrected chi connectivity index (χ1v) is 19.2. The van der Waals surface area contributed by atoms with Crippen molar-refractivity contribution >= 4 is 34.9 Å². The Hall–Kier alpha value is -7.94. The maximum absolute atomic E-state index is 13.2. The van der Waals surface area contributed by atoms with Crippen molar-refractivity contribution in [3.05, 3.63) is 148 Å². The normalized spacial score (nSPS) is 19.2. The predicted octanol–water partition coefficient (Wildman–Crippen LogP) is 7.18. The molecule has 4 aliphatic rings. The summed E-state index contributed by atoms with van der Waals surface area (Å²) in [7, 11) is 2.95. The molecule has 15 heteroatoms. The molecule has 0 saturated carbocycles. The quantitative estimate of drug-likeness (QED) is 0.0614. The number of amides is 1. The number of methoxy groups -OCH3 is 2. The summed E-state index contributed by atoms with van der Waals surface area (Å²) in [6, 6.07) is 27.3. The maximum Gasteiger partial charge on any atom is 0.411 e. The molecule has 1 amide bonds. The lowest BCUT2D eigenvalue weighted by atomic mass is 9.77. The van der Waals surface area contributed by atoms with Gasteiger partial charge in [-0.05, 0) is 66.1 Å². The molecule has 10 rings (SSSR count). The van der Waals surface area contributed by atoms with Crippen molar-refractivity contribution in [2.75, 3.05) is 27.4 Å². The summed E-state index contributed by atoms with van der Waals surface area (Å²) in [5.74, 6) is -0.959. The number of cyclic esters (lactones) is 1. The van der Waals surface area contributed by atoms with Crippen LogP contribution in [0.25, 0.3) is 10.9 Å². The number of benzene rings is 5. The summed E-state index contributed by atoms with van der Waals surface area (Å²) in [6.07, 6.45) is 2.44. The van der Waals surface area contributed by atoms with Crippen molar-refractivity contribution in [1.82, 2.24) is 9.88 Å². The van der Waals surface area contributed by atoms with Crippen molar-refractivity contribution in [3.63, 3.8) is 0 Å². The number of hydrogen-bond donors (Lipinski definition) is 2. The number of aromatic nitrogens is 1. The first kappa shape index (κ1) is 37.3. The van der Waals surface area contributed by atoms with Gasteiger partial charge >= 0.3 is 24.0 Å². The summed E-state index contributed by atoms with van der Waals surface area (Å²) in [4.78, 5) is 56.0. The topological polar surface area (TPSA) is 181 Å². The van der Waals surface area contributed by atoms with Crippen LogP contribution in [0.15, 0.2) is 109 Å². The number of carbonyl (C=O) groups excluding carboxylic acids is 3. The van der Waals surface area contributed by atoms with E-state index in [0.29, 0.717) is 34.2 Å². The summed E-state index contributed by atoms with van der Waals surface area (Å²) in [5.41, 5.74) is 4.14. The average molecular weight is 823 g/mol. The van der Waals surface area contributed by atoms with Crippen LogP contribution in [0.5, 0.6) is 40.2 Å². The molecular weight excluding hydrogens is 789 g/mol. The van der Waals surface area contributed by atoms with Crippen LogP contribution in [0.2, 0.25) is 0 Å². The SMILES string of the molecule is COc1cc(C2c3[nH]c4ccccc4c3CC3COC(=O)N32)cc(OC)c1O/C=C/C(=O)Oc1ccc2c(c1)Oc1cc(OCC(=O)O)ccc1C21OC(=O)c2ccccc21. The van der Waals surface area contributed by atoms with Gasteiger partial charge in [0.15, 0.2) is 23.7 Å². The van der Waals surface area contributed by atoms with E-state index in [9.17, 15) is 19.2 Å². The van der Waals surface area contributed by atoms with Crippen LogP contribution in [-0.4, -0.2) is 72.5 Å². The van der Waals surface area contributed by atoms with E-state index < -0.39 is 42.3 Å². The Bertz CT molecular complexity index is 2840. The van der Waals surface area contributed by atoms with E-state index in [1.807, 2.05) is 18.2 Å². The zero-order valence-corrected chi connectivity index (χ0v) is 32.5. The highest BCUT2D eigenvalue weighted by molar-refractivity contribution is 5.97. The van der Waals surface area contributed by atoms with Crippen LogP contribution < -0.4 is 28.4 Å². The maximum atomic E-state index is 13.2. The van der Waals surface area contributed by atoms with E-state index in [-0.39, 0.29) is 52.9 Å². The molecule has 1 aromatic heterocycles. The second-order valence-electron chi connectivity index (χ2n) is 14.6. The molecule has 5 aromatic carbocycles. The standard InChI is InChI=1S/C46H34N2O13/c1-54-37-17-24(42-41-30(19-25-22-58-45(53)48(25)42)28-7-4-6-10-34(28)47-41)18-38(55-2)43(37)56-16-15-40(51)59-27-12-14-33-36(21-27)60-35-20-26(57-23-39(49)50)11-13-32(35)46(33)31-9-5-3-8-29(31)44(52)61-46/h3-18,20-21,25,42,47H,19,22-23H2,1-2H3,(H,49,50)/b16-15+. The molecule has 5 heterocycles. The zero-order chi connectivity index (χ0) is 42.0. The van der Waals surface area contributed by atoms with E-state index in [1.165, 1.54) is 26.4 Å². The van der Waals surface area contributed by atoms with E-state index in [0.717, 1.165) is 34.5 Å². The molecule has 1 fully saturated rings. The van der Waals surface area contributed by atoms with Gasteiger partial charge in [0, 0.05) is 45.4 Å². The van der Waals surface area contributed by atoms with Crippen LogP contribution in [0, 0.1) is 0 Å². The molecule has 1 saturated heterocycles. The molecule has 2 N–H and O–H groups in total. The van der Waals surface area contributed by atoms with Crippen molar-refractivity contribution in [1.29, 1.82) is 0 Å². The number of rotatable bonds is 10. The fourth-order valence-corrected chi connectivity index (χ4v) is 8.74. The molecule has 3 atom stereocenters. The lowest BCUT2D eigenvalue weighted by molar-refractivity contribution is -0.139. The molecule has 61 heavy (non-hydrogen) atoms. The van der Waals surface area contributed by atoms with Crippen molar-refractivity contribution < 1.29 is 62.2 Å². The minimum atomic E-state index is -1.42. The number of hydrogen-bond acceptors (Lipinski definition) is 12. The van der Waals surface area contributed by atoms with E-state index in [4.69, 9.17) is 43.0 Å². The number of carboxylic acid groups (broad SMARTS) is 1. The highest BCUT2D eigenvalue weighted by atomic mass is 16.6. The highest BCUT2D eigenvalue weighted by Gasteiger charge is 2.53. The van der Waals surface area contributed by atoms with Gasteiger partial charge in [-0.2, -0.15) is 0 Å². The summed E-state index contributed by atoms with van der Waals surface area (Å²) in [6.45, 7) is -0.307. The Labute approximate surface area is 346 Å². The van der Waals surface area contributed by atoms with Gasteiger partial charge < -0.3 is 48.0 Å². The third-order valence-electron chi connectivity index (χ3n) is 11.3. The van der Waals surface area contributed by atoms with Crippen molar-refractivity contribution in [3.8, 4) is 40.2 Å². The van der Waals surface area contributed by atoms with Gasteiger partial charge in [0.2, 0.25) is 5.75 Å². The van der Waals surface area contributed by atoms with Crippen LogP contribution in [0.1, 0.15) is 49.9 Å². The van der Waals surface area contributed by atoms with Gasteiger partial charge in [0.1, 0.15) is 35.6 Å². The number of nitrogens with zero attached hydrogens (tertiary/aromatic N) is 1. The molecule has 0 aliphatic carbocycles. The fraction of sp³-hybridized carbons (Fsp3) is 0.174. The Kier molecular flexibility index (Phi) is 8.82. The molecule has 0 radical (unpaired) electrons. The Morgan fingerprint density at radius 2 is 1.59 bits per heavy atom. The smallest absolute Gasteiger partial charge is 0.411 e. The van der Waals surface area contributed by atoms with Gasteiger partial charge in [0.05, 0.1) is 38.2 Å². The number of carbonyl (C=O) groups is 4. The third-order valence-corrected chi connectivity index (χ3v) is 11.3. The zero-order valence-electron chi connectivity index (χ0n) is 32.5. The van der Waals surface area contributed by atoms with Crippen LogP contribution in [0.4, 0.5) is 4.79 Å². The minimum absolute atomic E-state index is 0.102. The molecule has 0 bridgehead atoms. The average Bonchev–Trinajstić information content (AvgIpc) is 3.92.